The second-order valence-electron chi connectivity index (χ2n) is 19.4. The number of carbonyl (C=O) groups excluding carboxylic acids is 2. The maximum atomic E-state index is 15.2. The molecule has 6 aliphatic carbocycles. The Morgan fingerprint density at radius 1 is 0.903 bits per heavy atom. The van der Waals surface area contributed by atoms with E-state index >= 15 is 4.79 Å². The highest BCUT2D eigenvalue weighted by molar-refractivity contribution is 6.33. The summed E-state index contributed by atoms with van der Waals surface area (Å²) in [5.41, 5.74) is -4.24. The fourth-order valence-corrected chi connectivity index (χ4v) is 13.4. The number of ether oxygens (including phenoxy) is 2. The van der Waals surface area contributed by atoms with Crippen LogP contribution < -0.4 is 4.74 Å². The maximum Gasteiger partial charge on any atom is 0.416 e. The van der Waals surface area contributed by atoms with Crippen LogP contribution in [-0.2, 0) is 10.9 Å². The standard InChI is InChI=1S/C50H51ClF3NO7/c1-45-18-15-33(56)26-47(45)21-22-49(37(27-47)43(57)40-14-13-39(62-40)36-25-32(50(52,53)54)10-12-38(36)51)41(45)16-19-46(2)42(49)17-20-48(46,59)29-55(28-35-8-5-23-60-35)44(58)61-34-11-9-30-6-3-4-7-31(30)24-34/h3-4,6-7,9-14,21-22,24-25,27,33,35,41-42,56,59H,5,8,15-20,23,26,28-29H2,1-2H3/t33?,35-,41-,42-,45-,46+,47+,48-,49-/m1/s1. The van der Waals surface area contributed by atoms with Crippen molar-refractivity contribution in [2.45, 2.75) is 95.6 Å². The number of hydrogen-bond acceptors (Lipinski definition) is 7. The Hall–Kier alpha value is -4.42. The van der Waals surface area contributed by atoms with Crippen LogP contribution in [0, 0.1) is 33.5 Å². The third-order valence-corrected chi connectivity index (χ3v) is 16.8. The molecule has 3 saturated carbocycles. The Balaban J connectivity index is 1.01. The van der Waals surface area contributed by atoms with Crippen molar-refractivity contribution < 1.29 is 46.9 Å². The van der Waals surface area contributed by atoms with E-state index in [-0.39, 0.29) is 64.3 Å². The second-order valence-corrected chi connectivity index (χ2v) is 19.8. The van der Waals surface area contributed by atoms with E-state index in [1.807, 2.05) is 36.4 Å². The number of furan rings is 1. The Morgan fingerprint density at radius 3 is 2.44 bits per heavy atom. The molecule has 4 fully saturated rings. The van der Waals surface area contributed by atoms with E-state index in [2.05, 4.69) is 32.1 Å². The summed E-state index contributed by atoms with van der Waals surface area (Å²) in [5, 5.41) is 26.3. The molecule has 1 aliphatic heterocycles. The number of aliphatic hydroxyl groups is 2. The first-order valence-corrected chi connectivity index (χ1v) is 22.3. The summed E-state index contributed by atoms with van der Waals surface area (Å²) in [6, 6.07) is 19.3. The molecule has 1 saturated heterocycles. The number of hydrogen-bond donors (Lipinski definition) is 2. The number of rotatable bonds is 8. The molecule has 326 valence electrons. The molecule has 3 aromatic carbocycles. The molecule has 7 aliphatic rings. The van der Waals surface area contributed by atoms with Crippen molar-refractivity contribution >= 4 is 34.2 Å². The summed E-state index contributed by atoms with van der Waals surface area (Å²) in [7, 11) is 0. The first kappa shape index (κ1) is 41.6. The average molecular weight is 870 g/mol. The zero-order chi connectivity index (χ0) is 43.5. The summed E-state index contributed by atoms with van der Waals surface area (Å²) >= 11 is 6.41. The molecule has 8 nitrogen and oxygen atoms in total. The highest BCUT2D eigenvalue weighted by Crippen LogP contribution is 2.78. The van der Waals surface area contributed by atoms with Gasteiger partial charge in [-0.15, -0.1) is 0 Å². The molecular formula is C50H51ClF3NO7. The van der Waals surface area contributed by atoms with Crippen molar-refractivity contribution in [2.75, 3.05) is 19.7 Å². The fourth-order valence-electron chi connectivity index (χ4n) is 13.2. The number of carbonyl (C=O) groups is 2. The summed E-state index contributed by atoms with van der Waals surface area (Å²) in [4.78, 5) is 31.1. The molecule has 1 aromatic heterocycles. The molecular weight excluding hydrogens is 819 g/mol. The highest BCUT2D eigenvalue weighted by atomic mass is 35.5. The fraction of sp³-hybridized carbons (Fsp3) is 0.480. The summed E-state index contributed by atoms with van der Waals surface area (Å²) in [5.74, 6) is -0.221. The molecule has 2 N–H and O–H groups in total. The minimum atomic E-state index is -4.61. The number of alkyl halides is 3. The maximum absolute atomic E-state index is 15.2. The van der Waals surface area contributed by atoms with Gasteiger partial charge in [-0.3, -0.25) is 4.79 Å². The zero-order valence-corrected chi connectivity index (χ0v) is 35.6. The van der Waals surface area contributed by atoms with Gasteiger partial charge in [-0.25, -0.2) is 4.79 Å². The van der Waals surface area contributed by atoms with Gasteiger partial charge in [0.25, 0.3) is 0 Å². The number of benzene rings is 3. The van der Waals surface area contributed by atoms with Crippen LogP contribution in [0.1, 0.15) is 87.8 Å². The minimum absolute atomic E-state index is 0.0103. The van der Waals surface area contributed by atoms with Crippen molar-refractivity contribution in [2.24, 2.45) is 33.5 Å². The zero-order valence-electron chi connectivity index (χ0n) is 34.8. The third kappa shape index (κ3) is 6.26. The molecule has 2 spiro atoms. The average Bonchev–Trinajstić information content (AvgIpc) is 4.00. The predicted octanol–water partition coefficient (Wildman–Crippen LogP) is 11.2. The van der Waals surface area contributed by atoms with Crippen LogP contribution in [0.3, 0.4) is 0 Å². The summed E-state index contributed by atoms with van der Waals surface area (Å²) in [6.07, 6.45) is 6.31. The van der Waals surface area contributed by atoms with Crippen LogP contribution >= 0.6 is 11.6 Å². The number of aliphatic hydroxyl groups excluding tert-OH is 1. The van der Waals surface area contributed by atoms with Gasteiger partial charge >= 0.3 is 12.3 Å². The van der Waals surface area contributed by atoms with Crippen LogP contribution in [0.25, 0.3) is 22.1 Å². The van der Waals surface area contributed by atoms with E-state index in [1.165, 1.54) is 18.2 Å². The lowest BCUT2D eigenvalue weighted by molar-refractivity contribution is -0.175. The minimum Gasteiger partial charge on any atom is -0.453 e. The Kier molecular flexibility index (Phi) is 9.76. The molecule has 2 heterocycles. The van der Waals surface area contributed by atoms with Crippen molar-refractivity contribution in [1.29, 1.82) is 0 Å². The Morgan fingerprint density at radius 2 is 1.66 bits per heavy atom. The van der Waals surface area contributed by atoms with Gasteiger partial charge in [0.05, 0.1) is 41.5 Å². The first-order valence-electron chi connectivity index (χ1n) is 21.9. The first-order chi connectivity index (χ1) is 29.5. The molecule has 11 rings (SSSR count). The normalized spacial score (nSPS) is 34.7. The van der Waals surface area contributed by atoms with E-state index < -0.39 is 45.8 Å². The number of ketones is 1. The Bertz CT molecular complexity index is 2530. The second kappa shape index (κ2) is 14.6. The SMILES string of the molecule is C[C@]12CC[C@H]3[C@]4(C=C[C@@]5(C=C4C(=O)c4ccc(-c6cc(C(F)(F)F)ccc6Cl)o4)CC(O)CC[C@]35C)[C@@H]1CC[C@@]2(O)CN(C[C@H]1CCCO1)C(=O)Oc1ccc2ccccc2c1. The molecule has 1 unspecified atom stereocenters. The summed E-state index contributed by atoms with van der Waals surface area (Å²) < 4.78 is 59.5. The number of nitrogens with zero attached hydrogens (tertiary/aromatic N) is 1. The predicted molar refractivity (Wildman–Crippen MR) is 228 cm³/mol. The third-order valence-electron chi connectivity index (χ3n) is 16.4. The monoisotopic (exact) mass is 869 g/mol. The topological polar surface area (TPSA) is 109 Å². The van der Waals surface area contributed by atoms with Crippen LogP contribution in [0.2, 0.25) is 5.02 Å². The van der Waals surface area contributed by atoms with Gasteiger partial charge in [-0.05, 0) is 128 Å². The van der Waals surface area contributed by atoms with Crippen molar-refractivity contribution in [1.82, 2.24) is 4.90 Å². The lowest BCUT2D eigenvalue weighted by atomic mass is 9.32. The number of Topliss-reactive ketones (excluding diaryl/α,β-unsaturated/α-hetero) is 1. The number of fused-ring (bicyclic) bond motifs is 2. The van der Waals surface area contributed by atoms with E-state index in [0.29, 0.717) is 56.5 Å². The lowest BCUT2D eigenvalue weighted by Crippen LogP contribution is -2.67. The van der Waals surface area contributed by atoms with Crippen molar-refractivity contribution in [3.63, 3.8) is 0 Å². The molecule has 12 heteroatoms. The lowest BCUT2D eigenvalue weighted by Gasteiger charge is -2.71. The molecule has 9 atom stereocenters. The van der Waals surface area contributed by atoms with Gasteiger partial charge in [0.1, 0.15) is 11.5 Å². The van der Waals surface area contributed by atoms with Crippen molar-refractivity contribution in [3.8, 4) is 17.1 Å². The molecule has 0 radical (unpaired) electrons. The smallest absolute Gasteiger partial charge is 0.416 e. The van der Waals surface area contributed by atoms with Gasteiger partial charge in [0, 0.05) is 34.0 Å². The van der Waals surface area contributed by atoms with Gasteiger partial charge < -0.3 is 29.0 Å². The molecule has 4 aromatic rings. The number of amides is 1. The molecule has 2 bridgehead atoms. The van der Waals surface area contributed by atoms with Crippen LogP contribution in [0.15, 0.2) is 101 Å². The number of halogens is 4. The van der Waals surface area contributed by atoms with Gasteiger partial charge in [0.2, 0.25) is 5.78 Å². The van der Waals surface area contributed by atoms with Crippen molar-refractivity contribution in [3.05, 3.63) is 113 Å². The molecule has 62 heavy (non-hydrogen) atoms. The van der Waals surface area contributed by atoms with Gasteiger partial charge in [-0.1, -0.05) is 74.0 Å². The van der Waals surface area contributed by atoms with E-state index in [0.717, 1.165) is 42.2 Å². The van der Waals surface area contributed by atoms with Crippen LogP contribution in [-0.4, -0.2) is 64.5 Å². The van der Waals surface area contributed by atoms with Gasteiger partial charge in [0.15, 0.2) is 5.76 Å². The van der Waals surface area contributed by atoms with E-state index in [4.69, 9.17) is 25.5 Å². The largest absolute Gasteiger partial charge is 0.453 e. The van der Waals surface area contributed by atoms with Gasteiger partial charge in [-0.2, -0.15) is 13.2 Å². The van der Waals surface area contributed by atoms with Crippen LogP contribution in [0.5, 0.6) is 5.75 Å². The summed E-state index contributed by atoms with van der Waals surface area (Å²) in [6.45, 7) is 5.26. The number of allylic oxidation sites excluding steroid dienone is 4. The quantitative estimate of drug-likeness (QED) is 0.134. The highest BCUT2D eigenvalue weighted by Gasteiger charge is 2.74. The van der Waals surface area contributed by atoms with Crippen LogP contribution in [0.4, 0.5) is 18.0 Å². The Labute approximate surface area is 363 Å². The molecule has 1 amide bonds. The van der Waals surface area contributed by atoms with E-state index in [1.54, 1.807) is 11.0 Å². The van der Waals surface area contributed by atoms with E-state index in [9.17, 15) is 28.2 Å².